The van der Waals surface area contributed by atoms with Crippen LogP contribution in [0.5, 0.6) is 5.75 Å². The number of aromatic nitrogens is 1. The lowest BCUT2D eigenvalue weighted by molar-refractivity contribution is 0.0325. The fourth-order valence-corrected chi connectivity index (χ4v) is 3.61. The predicted octanol–water partition coefficient (Wildman–Crippen LogP) is 4.12. The van der Waals surface area contributed by atoms with E-state index in [1.54, 1.807) is 0 Å². The quantitative estimate of drug-likeness (QED) is 0.418. The molecule has 0 saturated carbocycles. The van der Waals surface area contributed by atoms with Crippen LogP contribution in [0.1, 0.15) is 0 Å². The molecule has 1 aromatic heterocycles. The lowest BCUT2D eigenvalue weighted by Gasteiger charge is -2.28. The van der Waals surface area contributed by atoms with Gasteiger partial charge in [0.25, 0.3) is 0 Å². The van der Waals surface area contributed by atoms with Crippen molar-refractivity contribution < 1.29 is 23.3 Å². The Balaban J connectivity index is 1.31. The molecule has 0 radical (unpaired) electrons. The minimum atomic E-state index is -0.470. The highest BCUT2D eigenvalue weighted by Gasteiger charge is 2.11. The van der Waals surface area contributed by atoms with Gasteiger partial charge >= 0.3 is 0 Å². The van der Waals surface area contributed by atoms with Gasteiger partial charge in [-0.05, 0) is 36.4 Å². The summed E-state index contributed by atoms with van der Waals surface area (Å²) in [6.45, 7) is 4.79. The Morgan fingerprint density at radius 2 is 1.59 bits per heavy atom. The molecule has 1 aliphatic heterocycles. The van der Waals surface area contributed by atoms with Crippen molar-refractivity contribution in [2.45, 2.75) is 0 Å². The number of hydrogen-bond acceptors (Lipinski definition) is 6. The third kappa shape index (κ3) is 6.16. The Bertz CT molecular complexity index is 977. The SMILES string of the molecule is FCCOCCOCCOc1ccc2nc(-c3ccc(N4CCOCC4)cc3)ccc2c1. The summed E-state index contributed by atoms with van der Waals surface area (Å²) >= 11 is 0. The van der Waals surface area contributed by atoms with Gasteiger partial charge in [0.05, 0.1) is 50.9 Å². The van der Waals surface area contributed by atoms with Crippen molar-refractivity contribution in [3.8, 4) is 17.0 Å². The normalized spacial score (nSPS) is 14.1. The number of morpholine rings is 1. The summed E-state index contributed by atoms with van der Waals surface area (Å²) < 4.78 is 33.5. The number of pyridine rings is 1. The first-order chi connectivity index (χ1) is 15.8. The Morgan fingerprint density at radius 3 is 2.38 bits per heavy atom. The summed E-state index contributed by atoms with van der Waals surface area (Å²) in [4.78, 5) is 7.16. The maximum atomic E-state index is 11.9. The zero-order valence-corrected chi connectivity index (χ0v) is 18.2. The van der Waals surface area contributed by atoms with Crippen molar-refractivity contribution in [3.63, 3.8) is 0 Å². The summed E-state index contributed by atoms with van der Waals surface area (Å²) in [5, 5.41) is 1.02. The van der Waals surface area contributed by atoms with Gasteiger partial charge in [0.15, 0.2) is 0 Å². The van der Waals surface area contributed by atoms with Crippen molar-refractivity contribution in [2.75, 3.05) is 70.9 Å². The van der Waals surface area contributed by atoms with E-state index < -0.39 is 6.67 Å². The monoisotopic (exact) mass is 440 g/mol. The molecule has 1 fully saturated rings. The molecule has 7 heteroatoms. The maximum Gasteiger partial charge on any atom is 0.120 e. The average Bonchev–Trinajstić information content (AvgIpc) is 2.86. The van der Waals surface area contributed by atoms with Gasteiger partial charge in [0, 0.05) is 29.7 Å². The molecule has 0 aliphatic carbocycles. The third-order valence-electron chi connectivity index (χ3n) is 5.29. The minimum absolute atomic E-state index is 0.118. The molecule has 0 N–H and O–H groups in total. The molecule has 6 nitrogen and oxygen atoms in total. The van der Waals surface area contributed by atoms with Gasteiger partial charge in [0.1, 0.15) is 19.0 Å². The topological polar surface area (TPSA) is 53.0 Å². The van der Waals surface area contributed by atoms with Gasteiger partial charge in [-0.15, -0.1) is 0 Å². The van der Waals surface area contributed by atoms with E-state index in [-0.39, 0.29) is 6.61 Å². The number of hydrogen-bond donors (Lipinski definition) is 0. The van der Waals surface area contributed by atoms with Crippen molar-refractivity contribution in [1.82, 2.24) is 4.98 Å². The van der Waals surface area contributed by atoms with Crippen LogP contribution in [-0.2, 0) is 14.2 Å². The largest absolute Gasteiger partial charge is 0.491 e. The van der Waals surface area contributed by atoms with Gasteiger partial charge in [-0.2, -0.15) is 0 Å². The van der Waals surface area contributed by atoms with E-state index in [0.717, 1.165) is 54.2 Å². The Kier molecular flexibility index (Phi) is 8.25. The molecule has 0 bridgehead atoms. The van der Waals surface area contributed by atoms with Gasteiger partial charge in [0.2, 0.25) is 0 Å². The summed E-state index contributed by atoms with van der Waals surface area (Å²) in [5.41, 5.74) is 4.18. The molecule has 0 amide bonds. The van der Waals surface area contributed by atoms with Gasteiger partial charge < -0.3 is 23.8 Å². The van der Waals surface area contributed by atoms with Crippen LogP contribution in [0.3, 0.4) is 0 Å². The van der Waals surface area contributed by atoms with Crippen LogP contribution in [0, 0.1) is 0 Å². The zero-order valence-electron chi connectivity index (χ0n) is 18.2. The highest BCUT2D eigenvalue weighted by molar-refractivity contribution is 5.83. The third-order valence-corrected chi connectivity index (χ3v) is 5.29. The number of ether oxygens (including phenoxy) is 4. The Morgan fingerprint density at radius 1 is 0.844 bits per heavy atom. The first-order valence-corrected chi connectivity index (χ1v) is 11.0. The molecule has 0 spiro atoms. The summed E-state index contributed by atoms with van der Waals surface area (Å²) in [6, 6.07) is 18.5. The molecule has 3 aromatic rings. The molecule has 2 heterocycles. The van der Waals surface area contributed by atoms with Crippen molar-refractivity contribution in [1.29, 1.82) is 0 Å². The molecule has 1 saturated heterocycles. The van der Waals surface area contributed by atoms with Crippen LogP contribution >= 0.6 is 0 Å². The zero-order chi connectivity index (χ0) is 22.0. The minimum Gasteiger partial charge on any atom is -0.491 e. The van der Waals surface area contributed by atoms with Crippen molar-refractivity contribution in [3.05, 3.63) is 54.6 Å². The standard InChI is InChI=1S/C25H29FN2O4/c26-9-12-29-15-16-31-17-18-32-23-6-8-25-21(19-23)3-7-24(27-25)20-1-4-22(5-2-20)28-10-13-30-14-11-28/h1-8,19H,9-18H2. The van der Waals surface area contributed by atoms with E-state index in [1.807, 2.05) is 24.3 Å². The lowest BCUT2D eigenvalue weighted by Crippen LogP contribution is -2.36. The first-order valence-electron chi connectivity index (χ1n) is 11.0. The van der Waals surface area contributed by atoms with Crippen molar-refractivity contribution >= 4 is 16.6 Å². The Hall–Kier alpha value is -2.74. The molecule has 0 atom stereocenters. The highest BCUT2D eigenvalue weighted by atomic mass is 19.1. The average molecular weight is 441 g/mol. The number of anilines is 1. The second-order valence-electron chi connectivity index (χ2n) is 7.46. The molecule has 1 aliphatic rings. The van der Waals surface area contributed by atoms with Crippen LogP contribution < -0.4 is 9.64 Å². The van der Waals surface area contributed by atoms with E-state index in [9.17, 15) is 4.39 Å². The number of fused-ring (bicyclic) bond motifs is 1. The lowest BCUT2D eigenvalue weighted by atomic mass is 10.1. The van der Waals surface area contributed by atoms with Crippen LogP contribution in [-0.4, -0.2) is 71.0 Å². The van der Waals surface area contributed by atoms with E-state index in [0.29, 0.717) is 26.4 Å². The number of benzene rings is 2. The van der Waals surface area contributed by atoms with Gasteiger partial charge in [-0.1, -0.05) is 18.2 Å². The highest BCUT2D eigenvalue weighted by Crippen LogP contribution is 2.26. The Labute approximate surface area is 187 Å². The van der Waals surface area contributed by atoms with Crippen LogP contribution in [0.25, 0.3) is 22.2 Å². The van der Waals surface area contributed by atoms with Crippen molar-refractivity contribution in [2.24, 2.45) is 0 Å². The molecule has 170 valence electrons. The fraction of sp³-hybridized carbons (Fsp3) is 0.400. The molecular weight excluding hydrogens is 411 g/mol. The number of alkyl halides is 1. The number of nitrogens with zero attached hydrogens (tertiary/aromatic N) is 2. The van der Waals surface area contributed by atoms with E-state index in [2.05, 4.69) is 35.2 Å². The fourth-order valence-electron chi connectivity index (χ4n) is 3.61. The van der Waals surface area contributed by atoms with Crippen LogP contribution in [0.15, 0.2) is 54.6 Å². The number of rotatable bonds is 11. The molecule has 2 aromatic carbocycles. The second-order valence-corrected chi connectivity index (χ2v) is 7.46. The molecule has 4 rings (SSSR count). The summed E-state index contributed by atoms with van der Waals surface area (Å²) in [6.07, 6.45) is 0. The van der Waals surface area contributed by atoms with Gasteiger partial charge in [-0.25, -0.2) is 9.37 Å². The van der Waals surface area contributed by atoms with Crippen LogP contribution in [0.4, 0.5) is 10.1 Å². The van der Waals surface area contributed by atoms with E-state index in [4.69, 9.17) is 23.9 Å². The molecular formula is C25H29FN2O4. The van der Waals surface area contributed by atoms with E-state index >= 15 is 0 Å². The maximum absolute atomic E-state index is 11.9. The predicted molar refractivity (Wildman–Crippen MR) is 123 cm³/mol. The number of halogens is 1. The summed E-state index contributed by atoms with van der Waals surface area (Å²) in [7, 11) is 0. The van der Waals surface area contributed by atoms with Gasteiger partial charge in [-0.3, -0.25) is 0 Å². The summed E-state index contributed by atoms with van der Waals surface area (Å²) in [5.74, 6) is 0.777. The second kappa shape index (κ2) is 11.8. The smallest absolute Gasteiger partial charge is 0.120 e. The molecule has 0 unspecified atom stereocenters. The van der Waals surface area contributed by atoms with Crippen LogP contribution in [0.2, 0.25) is 0 Å². The van der Waals surface area contributed by atoms with E-state index in [1.165, 1.54) is 5.69 Å². The first kappa shape index (κ1) is 22.5. The molecule has 32 heavy (non-hydrogen) atoms.